The molecule has 1 amide bonds. The summed E-state index contributed by atoms with van der Waals surface area (Å²) in [6.45, 7) is 1.65. The van der Waals surface area contributed by atoms with Gasteiger partial charge in [-0.1, -0.05) is 0 Å². The quantitative estimate of drug-likeness (QED) is 0.789. The van der Waals surface area contributed by atoms with Crippen LogP contribution in [0.25, 0.3) is 0 Å². The van der Waals surface area contributed by atoms with E-state index in [0.29, 0.717) is 10.6 Å². The molecule has 1 aromatic carbocycles. The SMILES string of the molecule is CNC(C)(CSc1ccc(F)c(F)c1)C(N)=O. The number of benzene rings is 1. The molecule has 0 saturated heterocycles. The maximum Gasteiger partial charge on any atom is 0.238 e. The molecule has 0 radical (unpaired) electrons. The van der Waals surface area contributed by atoms with Crippen LogP contribution in [0.4, 0.5) is 8.78 Å². The van der Waals surface area contributed by atoms with Crippen LogP contribution >= 0.6 is 11.8 Å². The number of hydrogen-bond acceptors (Lipinski definition) is 3. The molecule has 94 valence electrons. The molecular formula is C11H14F2N2OS. The van der Waals surface area contributed by atoms with E-state index in [9.17, 15) is 13.6 Å². The standard InChI is InChI=1S/C11H14F2N2OS/c1-11(15-2,10(14)16)6-17-7-3-4-8(12)9(13)5-7/h3-5,15H,6H2,1-2H3,(H2,14,16). The number of halogens is 2. The van der Waals surface area contributed by atoms with E-state index in [1.54, 1.807) is 14.0 Å². The molecule has 1 unspecified atom stereocenters. The van der Waals surface area contributed by atoms with E-state index in [0.717, 1.165) is 12.1 Å². The van der Waals surface area contributed by atoms with E-state index in [2.05, 4.69) is 5.32 Å². The summed E-state index contributed by atoms with van der Waals surface area (Å²) in [5.41, 5.74) is 4.37. The third-order valence-corrected chi connectivity index (χ3v) is 3.82. The Bertz CT molecular complexity index is 428. The van der Waals surface area contributed by atoms with Crippen LogP contribution in [-0.4, -0.2) is 24.2 Å². The largest absolute Gasteiger partial charge is 0.368 e. The molecule has 0 aliphatic carbocycles. The van der Waals surface area contributed by atoms with Crippen molar-refractivity contribution < 1.29 is 13.6 Å². The predicted octanol–water partition coefficient (Wildman–Crippen LogP) is 1.52. The highest BCUT2D eigenvalue weighted by atomic mass is 32.2. The van der Waals surface area contributed by atoms with Crippen molar-refractivity contribution in [3.8, 4) is 0 Å². The second-order valence-corrected chi connectivity index (χ2v) is 4.86. The second kappa shape index (κ2) is 5.46. The van der Waals surface area contributed by atoms with Crippen LogP contribution in [0.5, 0.6) is 0 Å². The molecule has 0 heterocycles. The summed E-state index contributed by atoms with van der Waals surface area (Å²) in [5, 5.41) is 2.81. The zero-order chi connectivity index (χ0) is 13.1. The highest BCUT2D eigenvalue weighted by Gasteiger charge is 2.28. The Balaban J connectivity index is 2.73. The van der Waals surface area contributed by atoms with Crippen molar-refractivity contribution in [2.24, 2.45) is 5.73 Å². The van der Waals surface area contributed by atoms with Crippen LogP contribution in [0.2, 0.25) is 0 Å². The Morgan fingerprint density at radius 2 is 2.12 bits per heavy atom. The Labute approximate surface area is 103 Å². The van der Waals surface area contributed by atoms with E-state index >= 15 is 0 Å². The molecule has 3 N–H and O–H groups in total. The fourth-order valence-electron chi connectivity index (χ4n) is 1.06. The highest BCUT2D eigenvalue weighted by molar-refractivity contribution is 7.99. The summed E-state index contributed by atoms with van der Waals surface area (Å²) in [6, 6.07) is 3.61. The van der Waals surface area contributed by atoms with Crippen molar-refractivity contribution in [3.63, 3.8) is 0 Å². The second-order valence-electron chi connectivity index (χ2n) is 3.81. The molecule has 0 saturated carbocycles. The van der Waals surface area contributed by atoms with Crippen molar-refractivity contribution in [1.29, 1.82) is 0 Å². The fourth-order valence-corrected chi connectivity index (χ4v) is 2.15. The third kappa shape index (κ3) is 3.41. The third-order valence-electron chi connectivity index (χ3n) is 2.51. The number of nitrogens with two attached hydrogens (primary N) is 1. The van der Waals surface area contributed by atoms with Crippen molar-refractivity contribution in [1.82, 2.24) is 5.32 Å². The van der Waals surface area contributed by atoms with Gasteiger partial charge in [-0.15, -0.1) is 11.8 Å². The summed E-state index contributed by atoms with van der Waals surface area (Å²) >= 11 is 1.23. The average molecular weight is 260 g/mol. The number of likely N-dealkylation sites (N-methyl/N-ethyl adjacent to an activating group) is 1. The number of rotatable bonds is 5. The summed E-state index contributed by atoms with van der Waals surface area (Å²) < 4.78 is 25.6. The van der Waals surface area contributed by atoms with Gasteiger partial charge in [-0.05, 0) is 32.2 Å². The minimum Gasteiger partial charge on any atom is -0.368 e. The molecule has 0 bridgehead atoms. The van der Waals surface area contributed by atoms with Gasteiger partial charge in [0, 0.05) is 10.6 Å². The Morgan fingerprint density at radius 3 is 2.59 bits per heavy atom. The van der Waals surface area contributed by atoms with E-state index in [-0.39, 0.29) is 0 Å². The first kappa shape index (κ1) is 13.9. The summed E-state index contributed by atoms with van der Waals surface area (Å²) in [4.78, 5) is 11.8. The van der Waals surface area contributed by atoms with Crippen LogP contribution in [0.15, 0.2) is 23.1 Å². The van der Waals surface area contributed by atoms with Crippen LogP contribution in [-0.2, 0) is 4.79 Å². The summed E-state index contributed by atoms with van der Waals surface area (Å²) in [7, 11) is 1.62. The minimum atomic E-state index is -0.903. The zero-order valence-electron chi connectivity index (χ0n) is 9.59. The van der Waals surface area contributed by atoms with Gasteiger partial charge in [-0.25, -0.2) is 8.78 Å². The van der Waals surface area contributed by atoms with Gasteiger partial charge in [0.1, 0.15) is 5.54 Å². The van der Waals surface area contributed by atoms with Gasteiger partial charge in [0.25, 0.3) is 0 Å². The van der Waals surface area contributed by atoms with Gasteiger partial charge in [0.2, 0.25) is 5.91 Å². The first-order chi connectivity index (χ1) is 7.89. The maximum absolute atomic E-state index is 12.9. The molecule has 6 heteroatoms. The number of hydrogen-bond donors (Lipinski definition) is 2. The lowest BCUT2D eigenvalue weighted by molar-refractivity contribution is -0.122. The van der Waals surface area contributed by atoms with E-state index in [4.69, 9.17) is 5.73 Å². The van der Waals surface area contributed by atoms with Crippen molar-refractivity contribution in [2.45, 2.75) is 17.4 Å². The lowest BCUT2D eigenvalue weighted by atomic mass is 10.1. The number of carbonyl (C=O) groups excluding carboxylic acids is 1. The minimum absolute atomic E-state index is 0.337. The van der Waals surface area contributed by atoms with E-state index < -0.39 is 23.1 Å². The molecular weight excluding hydrogens is 246 g/mol. The number of primary amides is 1. The smallest absolute Gasteiger partial charge is 0.238 e. The lowest BCUT2D eigenvalue weighted by Crippen LogP contribution is -2.53. The van der Waals surface area contributed by atoms with Crippen molar-refractivity contribution >= 4 is 17.7 Å². The number of thioether (sulfide) groups is 1. The normalized spacial score (nSPS) is 14.4. The molecule has 0 aliphatic rings. The molecule has 0 aromatic heterocycles. The summed E-state index contributed by atoms with van der Waals surface area (Å²) in [6.07, 6.45) is 0. The van der Waals surface area contributed by atoms with Gasteiger partial charge in [0.15, 0.2) is 11.6 Å². The molecule has 0 fully saturated rings. The number of carbonyl (C=O) groups is 1. The maximum atomic E-state index is 12.9. The molecule has 1 aromatic rings. The zero-order valence-corrected chi connectivity index (χ0v) is 10.4. The molecule has 3 nitrogen and oxygen atoms in total. The lowest BCUT2D eigenvalue weighted by Gasteiger charge is -2.24. The van der Waals surface area contributed by atoms with Crippen LogP contribution < -0.4 is 11.1 Å². The van der Waals surface area contributed by atoms with Gasteiger partial charge < -0.3 is 11.1 Å². The first-order valence-corrected chi connectivity index (χ1v) is 5.94. The van der Waals surface area contributed by atoms with Gasteiger partial charge in [-0.3, -0.25) is 4.79 Å². The molecule has 0 aliphatic heterocycles. The van der Waals surface area contributed by atoms with Gasteiger partial charge in [-0.2, -0.15) is 0 Å². The number of amides is 1. The van der Waals surface area contributed by atoms with Gasteiger partial charge in [0.05, 0.1) is 0 Å². The predicted molar refractivity (Wildman–Crippen MR) is 63.7 cm³/mol. The van der Waals surface area contributed by atoms with Crippen molar-refractivity contribution in [3.05, 3.63) is 29.8 Å². The number of nitrogens with one attached hydrogen (secondary N) is 1. The Morgan fingerprint density at radius 1 is 1.47 bits per heavy atom. The Kier molecular flexibility index (Phi) is 4.47. The van der Waals surface area contributed by atoms with E-state index in [1.165, 1.54) is 17.8 Å². The Hall–Kier alpha value is -1.14. The van der Waals surface area contributed by atoms with Crippen LogP contribution in [0, 0.1) is 11.6 Å². The van der Waals surface area contributed by atoms with Crippen LogP contribution in [0.3, 0.4) is 0 Å². The topological polar surface area (TPSA) is 55.1 Å². The molecule has 17 heavy (non-hydrogen) atoms. The van der Waals surface area contributed by atoms with E-state index in [1.807, 2.05) is 0 Å². The molecule has 1 atom stereocenters. The first-order valence-electron chi connectivity index (χ1n) is 4.96. The monoisotopic (exact) mass is 260 g/mol. The molecule has 1 rings (SSSR count). The molecule has 0 spiro atoms. The average Bonchev–Trinajstić information content (AvgIpc) is 2.30. The highest BCUT2D eigenvalue weighted by Crippen LogP contribution is 2.24. The fraction of sp³-hybridized carbons (Fsp3) is 0.364. The van der Waals surface area contributed by atoms with Crippen molar-refractivity contribution in [2.75, 3.05) is 12.8 Å². The van der Waals surface area contributed by atoms with Crippen LogP contribution in [0.1, 0.15) is 6.92 Å². The van der Waals surface area contributed by atoms with Gasteiger partial charge >= 0.3 is 0 Å². The summed E-state index contributed by atoms with van der Waals surface area (Å²) in [5.74, 6) is -1.94.